The van der Waals surface area contributed by atoms with Crippen molar-refractivity contribution in [2.24, 2.45) is 0 Å². The summed E-state index contributed by atoms with van der Waals surface area (Å²) in [5.74, 6) is -0.647. The summed E-state index contributed by atoms with van der Waals surface area (Å²) in [6, 6.07) is 3.22. The minimum Gasteiger partial charge on any atom is -0.483 e. The fourth-order valence-electron chi connectivity index (χ4n) is 2.40. The molecule has 2 rings (SSSR count). The van der Waals surface area contributed by atoms with Gasteiger partial charge in [0.2, 0.25) is 0 Å². The Balaban J connectivity index is 1.94. The van der Waals surface area contributed by atoms with E-state index in [4.69, 9.17) is 9.47 Å². The van der Waals surface area contributed by atoms with Gasteiger partial charge in [-0.05, 0) is 32.9 Å². The highest BCUT2D eigenvalue weighted by Crippen LogP contribution is 2.30. The third-order valence-corrected chi connectivity index (χ3v) is 3.50. The number of likely N-dealkylation sites (tertiary alicyclic amines) is 1. The summed E-state index contributed by atoms with van der Waals surface area (Å²) in [7, 11) is 0. The highest BCUT2D eigenvalue weighted by molar-refractivity contribution is 5.68. The highest BCUT2D eigenvalue weighted by atomic mass is 19.1. The molecule has 7 nitrogen and oxygen atoms in total. The standard InChI is InChI=1S/C16H21FN2O5/c1-16(2,3)24-15(20)18-8-6-12(7-9-18)23-14-5-4-11(17)10-13(14)19(21)22/h4-5,10,12H,6-9H2,1-3H3. The number of carbonyl (C=O) groups is 1. The Hall–Kier alpha value is -2.38. The molecular formula is C16H21FN2O5. The lowest BCUT2D eigenvalue weighted by molar-refractivity contribution is -0.386. The van der Waals surface area contributed by atoms with Crippen LogP contribution in [0.1, 0.15) is 33.6 Å². The lowest BCUT2D eigenvalue weighted by atomic mass is 10.1. The molecule has 1 fully saturated rings. The number of hydrogen-bond acceptors (Lipinski definition) is 5. The summed E-state index contributed by atoms with van der Waals surface area (Å²) in [5.41, 5.74) is -0.955. The fourth-order valence-corrected chi connectivity index (χ4v) is 2.40. The summed E-state index contributed by atoms with van der Waals surface area (Å²) in [4.78, 5) is 23.9. The van der Waals surface area contributed by atoms with Gasteiger partial charge in [0.1, 0.15) is 17.5 Å². The molecule has 132 valence electrons. The zero-order valence-corrected chi connectivity index (χ0v) is 14.0. The van der Waals surface area contributed by atoms with Gasteiger partial charge in [-0.25, -0.2) is 9.18 Å². The Morgan fingerprint density at radius 1 is 1.33 bits per heavy atom. The first-order chi connectivity index (χ1) is 11.2. The Bertz CT molecular complexity index is 621. The van der Waals surface area contributed by atoms with Crippen LogP contribution in [-0.2, 0) is 4.74 Å². The summed E-state index contributed by atoms with van der Waals surface area (Å²) in [5, 5.41) is 11.0. The van der Waals surface area contributed by atoms with Gasteiger partial charge in [0.05, 0.1) is 11.0 Å². The molecule has 24 heavy (non-hydrogen) atoms. The predicted octanol–water partition coefficient (Wildman–Crippen LogP) is 3.51. The maximum absolute atomic E-state index is 13.1. The second-order valence-corrected chi connectivity index (χ2v) is 6.65. The molecule has 0 radical (unpaired) electrons. The van der Waals surface area contributed by atoms with Crippen LogP contribution < -0.4 is 4.74 Å². The quantitative estimate of drug-likeness (QED) is 0.621. The van der Waals surface area contributed by atoms with Crippen LogP contribution in [0.5, 0.6) is 5.75 Å². The highest BCUT2D eigenvalue weighted by Gasteiger charge is 2.29. The van der Waals surface area contributed by atoms with E-state index in [1.54, 1.807) is 25.7 Å². The minimum absolute atomic E-state index is 0.0390. The van der Waals surface area contributed by atoms with Crippen LogP contribution in [0.2, 0.25) is 0 Å². The van der Waals surface area contributed by atoms with Crippen molar-refractivity contribution in [3.8, 4) is 5.75 Å². The first-order valence-corrected chi connectivity index (χ1v) is 7.74. The largest absolute Gasteiger partial charge is 0.483 e. The van der Waals surface area contributed by atoms with E-state index < -0.39 is 22.0 Å². The second-order valence-electron chi connectivity index (χ2n) is 6.65. The number of nitro groups is 1. The third-order valence-electron chi connectivity index (χ3n) is 3.50. The van der Waals surface area contributed by atoms with Crippen molar-refractivity contribution in [3.05, 3.63) is 34.1 Å². The fraction of sp³-hybridized carbons (Fsp3) is 0.562. The molecule has 1 amide bonds. The lowest BCUT2D eigenvalue weighted by Gasteiger charge is -2.33. The molecule has 0 saturated carbocycles. The van der Waals surface area contributed by atoms with Crippen molar-refractivity contribution < 1.29 is 23.6 Å². The molecule has 8 heteroatoms. The molecule has 0 aliphatic carbocycles. The zero-order valence-electron chi connectivity index (χ0n) is 14.0. The SMILES string of the molecule is CC(C)(C)OC(=O)N1CCC(Oc2ccc(F)cc2[N+](=O)[O-])CC1. The van der Waals surface area contributed by atoms with Crippen LogP contribution in [0.3, 0.4) is 0 Å². The van der Waals surface area contributed by atoms with Crippen molar-refractivity contribution in [1.82, 2.24) is 4.90 Å². The molecule has 0 unspecified atom stereocenters. The number of nitrogens with zero attached hydrogens (tertiary/aromatic N) is 2. The van der Waals surface area contributed by atoms with E-state index in [1.807, 2.05) is 0 Å². The topological polar surface area (TPSA) is 81.9 Å². The number of ether oxygens (including phenoxy) is 2. The van der Waals surface area contributed by atoms with E-state index in [-0.39, 0.29) is 17.9 Å². The van der Waals surface area contributed by atoms with E-state index in [9.17, 15) is 19.3 Å². The van der Waals surface area contributed by atoms with Gasteiger partial charge in [0.25, 0.3) is 0 Å². The average Bonchev–Trinajstić information content (AvgIpc) is 2.48. The average molecular weight is 340 g/mol. The molecule has 1 saturated heterocycles. The van der Waals surface area contributed by atoms with Gasteiger partial charge in [-0.2, -0.15) is 0 Å². The van der Waals surface area contributed by atoms with Crippen LogP contribution in [0.25, 0.3) is 0 Å². The van der Waals surface area contributed by atoms with Crippen molar-refractivity contribution in [3.63, 3.8) is 0 Å². The smallest absolute Gasteiger partial charge is 0.410 e. The third kappa shape index (κ3) is 4.81. The van der Waals surface area contributed by atoms with Gasteiger partial charge in [-0.3, -0.25) is 10.1 Å². The first kappa shape index (κ1) is 18.0. The molecule has 1 aromatic carbocycles. The van der Waals surface area contributed by atoms with Gasteiger partial charge in [-0.15, -0.1) is 0 Å². The number of carbonyl (C=O) groups excluding carboxylic acids is 1. The van der Waals surface area contributed by atoms with E-state index in [0.717, 1.165) is 12.1 Å². The van der Waals surface area contributed by atoms with Crippen LogP contribution >= 0.6 is 0 Å². The molecule has 0 bridgehead atoms. The Morgan fingerprint density at radius 2 is 1.96 bits per heavy atom. The Labute approximate surface area is 139 Å². The van der Waals surface area contributed by atoms with Crippen molar-refractivity contribution in [2.75, 3.05) is 13.1 Å². The molecule has 0 atom stereocenters. The van der Waals surface area contributed by atoms with E-state index >= 15 is 0 Å². The van der Waals surface area contributed by atoms with E-state index in [0.29, 0.717) is 25.9 Å². The number of rotatable bonds is 3. The predicted molar refractivity (Wildman–Crippen MR) is 84.5 cm³/mol. The maximum atomic E-state index is 13.1. The summed E-state index contributed by atoms with van der Waals surface area (Å²) in [6.07, 6.45) is 0.392. The van der Waals surface area contributed by atoms with Crippen molar-refractivity contribution >= 4 is 11.8 Å². The number of benzene rings is 1. The monoisotopic (exact) mass is 340 g/mol. The summed E-state index contributed by atoms with van der Waals surface area (Å²) < 4.78 is 24.1. The van der Waals surface area contributed by atoms with E-state index in [2.05, 4.69) is 0 Å². The number of amides is 1. The van der Waals surface area contributed by atoms with Gasteiger partial charge in [0.15, 0.2) is 5.75 Å². The van der Waals surface area contributed by atoms with Crippen LogP contribution in [0.15, 0.2) is 18.2 Å². The number of halogens is 1. The van der Waals surface area contributed by atoms with Gasteiger partial charge < -0.3 is 14.4 Å². The summed E-state index contributed by atoms with van der Waals surface area (Å²) in [6.45, 7) is 6.28. The zero-order chi connectivity index (χ0) is 17.9. The normalized spacial score (nSPS) is 15.9. The Morgan fingerprint density at radius 3 is 2.50 bits per heavy atom. The number of hydrogen-bond donors (Lipinski definition) is 0. The van der Waals surface area contributed by atoms with Crippen LogP contribution in [0.4, 0.5) is 14.9 Å². The number of piperidine rings is 1. The Kier molecular flexibility index (Phi) is 5.26. The molecule has 0 spiro atoms. The molecule has 0 N–H and O–H groups in total. The van der Waals surface area contributed by atoms with E-state index in [1.165, 1.54) is 6.07 Å². The first-order valence-electron chi connectivity index (χ1n) is 7.74. The molecule has 0 aromatic heterocycles. The van der Waals surface area contributed by atoms with Crippen LogP contribution in [0, 0.1) is 15.9 Å². The summed E-state index contributed by atoms with van der Waals surface area (Å²) >= 11 is 0. The molecule has 1 aliphatic heterocycles. The van der Waals surface area contributed by atoms with Gasteiger partial charge in [0, 0.05) is 25.9 Å². The lowest BCUT2D eigenvalue weighted by Crippen LogP contribution is -2.44. The molecule has 1 heterocycles. The molecule has 1 aromatic rings. The minimum atomic E-state index is -0.686. The molecule has 1 aliphatic rings. The van der Waals surface area contributed by atoms with Crippen molar-refractivity contribution in [1.29, 1.82) is 0 Å². The van der Waals surface area contributed by atoms with Crippen LogP contribution in [-0.4, -0.2) is 40.7 Å². The molecular weight excluding hydrogens is 319 g/mol. The second kappa shape index (κ2) is 7.02. The maximum Gasteiger partial charge on any atom is 0.410 e. The number of nitro benzene ring substituents is 1. The van der Waals surface area contributed by atoms with Gasteiger partial charge >= 0.3 is 11.8 Å². The van der Waals surface area contributed by atoms with Gasteiger partial charge in [-0.1, -0.05) is 0 Å². The van der Waals surface area contributed by atoms with Crippen molar-refractivity contribution in [2.45, 2.75) is 45.3 Å².